The number of aromatic nitrogens is 4. The highest BCUT2D eigenvalue weighted by Crippen LogP contribution is 2.17. The molecule has 2 aromatic heterocycles. The summed E-state index contributed by atoms with van der Waals surface area (Å²) in [6.07, 6.45) is 8.58. The SMILES string of the molecule is CCn1cc(/C=C/C(=O)c2c(Br)cnn2CC)cn1. The van der Waals surface area contributed by atoms with Crippen LogP contribution in [0, 0.1) is 0 Å². The Labute approximate surface area is 120 Å². The van der Waals surface area contributed by atoms with E-state index in [1.807, 2.05) is 24.7 Å². The van der Waals surface area contributed by atoms with Crippen LogP contribution in [0.3, 0.4) is 0 Å². The first-order chi connectivity index (χ1) is 9.15. The average molecular weight is 323 g/mol. The Morgan fingerprint density at radius 1 is 1.32 bits per heavy atom. The van der Waals surface area contributed by atoms with Crippen molar-refractivity contribution in [2.24, 2.45) is 0 Å². The Bertz CT molecular complexity index is 612. The van der Waals surface area contributed by atoms with Gasteiger partial charge in [0.15, 0.2) is 0 Å². The van der Waals surface area contributed by atoms with E-state index in [-0.39, 0.29) is 5.78 Å². The molecule has 0 aliphatic rings. The highest BCUT2D eigenvalue weighted by atomic mass is 79.9. The molecular formula is C13H15BrN4O. The number of nitrogens with zero attached hydrogens (tertiary/aromatic N) is 4. The number of hydrogen-bond donors (Lipinski definition) is 0. The van der Waals surface area contributed by atoms with Gasteiger partial charge in [-0.25, -0.2) is 0 Å². The third-order valence-electron chi connectivity index (χ3n) is 2.73. The molecule has 0 saturated carbocycles. The number of halogens is 1. The Kier molecular flexibility index (Phi) is 4.31. The van der Waals surface area contributed by atoms with E-state index in [0.29, 0.717) is 16.7 Å². The lowest BCUT2D eigenvalue weighted by Crippen LogP contribution is -2.07. The molecule has 0 N–H and O–H groups in total. The van der Waals surface area contributed by atoms with Gasteiger partial charge < -0.3 is 0 Å². The lowest BCUT2D eigenvalue weighted by atomic mass is 10.2. The van der Waals surface area contributed by atoms with Crippen LogP contribution < -0.4 is 0 Å². The van der Waals surface area contributed by atoms with E-state index in [1.165, 1.54) is 0 Å². The molecule has 0 spiro atoms. The highest BCUT2D eigenvalue weighted by molar-refractivity contribution is 9.10. The fraction of sp³-hybridized carbons (Fsp3) is 0.308. The van der Waals surface area contributed by atoms with Crippen LogP contribution in [-0.4, -0.2) is 25.3 Å². The van der Waals surface area contributed by atoms with Crippen LogP contribution in [0.25, 0.3) is 6.08 Å². The van der Waals surface area contributed by atoms with Crippen LogP contribution in [0.2, 0.25) is 0 Å². The summed E-state index contributed by atoms with van der Waals surface area (Å²) in [5.74, 6) is -0.0736. The minimum absolute atomic E-state index is 0.0736. The molecule has 100 valence electrons. The van der Waals surface area contributed by atoms with Crippen LogP contribution in [-0.2, 0) is 13.1 Å². The lowest BCUT2D eigenvalue weighted by Gasteiger charge is -2.00. The van der Waals surface area contributed by atoms with E-state index in [2.05, 4.69) is 26.1 Å². The normalized spacial score (nSPS) is 11.3. The van der Waals surface area contributed by atoms with Gasteiger partial charge in [0.25, 0.3) is 0 Å². The summed E-state index contributed by atoms with van der Waals surface area (Å²) in [5.41, 5.74) is 1.48. The molecule has 2 heterocycles. The highest BCUT2D eigenvalue weighted by Gasteiger charge is 2.13. The van der Waals surface area contributed by atoms with Gasteiger partial charge in [0.2, 0.25) is 5.78 Å². The van der Waals surface area contributed by atoms with Gasteiger partial charge in [-0.2, -0.15) is 10.2 Å². The lowest BCUT2D eigenvalue weighted by molar-refractivity contribution is 0.103. The summed E-state index contributed by atoms with van der Waals surface area (Å²) < 4.78 is 4.20. The average Bonchev–Trinajstić information content (AvgIpc) is 3.02. The first-order valence-electron chi connectivity index (χ1n) is 6.11. The quantitative estimate of drug-likeness (QED) is 0.628. The first-order valence-corrected chi connectivity index (χ1v) is 6.91. The Morgan fingerprint density at radius 3 is 2.74 bits per heavy atom. The Morgan fingerprint density at radius 2 is 2.11 bits per heavy atom. The van der Waals surface area contributed by atoms with Gasteiger partial charge in [-0.15, -0.1) is 0 Å². The zero-order chi connectivity index (χ0) is 13.8. The van der Waals surface area contributed by atoms with E-state index in [0.717, 1.165) is 12.1 Å². The smallest absolute Gasteiger partial charge is 0.205 e. The van der Waals surface area contributed by atoms with Crippen molar-refractivity contribution in [2.45, 2.75) is 26.9 Å². The van der Waals surface area contributed by atoms with Crippen LogP contribution in [0.5, 0.6) is 0 Å². The van der Waals surface area contributed by atoms with Crippen molar-refractivity contribution < 1.29 is 4.79 Å². The molecule has 6 heteroatoms. The molecule has 0 bridgehead atoms. The van der Waals surface area contributed by atoms with Gasteiger partial charge in [0, 0.05) is 24.8 Å². The number of hydrogen-bond acceptors (Lipinski definition) is 3. The molecule has 2 aromatic rings. The third-order valence-corrected chi connectivity index (χ3v) is 3.31. The van der Waals surface area contributed by atoms with Crippen molar-refractivity contribution in [3.8, 4) is 0 Å². The summed E-state index contributed by atoms with van der Waals surface area (Å²) >= 11 is 3.35. The van der Waals surface area contributed by atoms with Crippen molar-refractivity contribution in [1.29, 1.82) is 0 Å². The summed E-state index contributed by atoms with van der Waals surface area (Å²) in [4.78, 5) is 12.2. The van der Waals surface area contributed by atoms with E-state index >= 15 is 0 Å². The van der Waals surface area contributed by atoms with Crippen LogP contribution in [0.4, 0.5) is 0 Å². The topological polar surface area (TPSA) is 52.7 Å². The summed E-state index contributed by atoms with van der Waals surface area (Å²) in [6.45, 7) is 5.44. The zero-order valence-corrected chi connectivity index (χ0v) is 12.5. The van der Waals surface area contributed by atoms with Gasteiger partial charge in [-0.1, -0.05) is 0 Å². The zero-order valence-electron chi connectivity index (χ0n) is 10.9. The largest absolute Gasteiger partial charge is 0.288 e. The summed E-state index contributed by atoms with van der Waals surface area (Å²) in [5, 5.41) is 8.28. The van der Waals surface area contributed by atoms with Crippen molar-refractivity contribution >= 4 is 27.8 Å². The molecule has 0 amide bonds. The predicted octanol–water partition coefficient (Wildman–Crippen LogP) is 2.78. The molecule has 0 fully saturated rings. The summed E-state index contributed by atoms with van der Waals surface area (Å²) in [7, 11) is 0. The van der Waals surface area contributed by atoms with Crippen molar-refractivity contribution in [1.82, 2.24) is 19.6 Å². The predicted molar refractivity (Wildman–Crippen MR) is 76.9 cm³/mol. The monoisotopic (exact) mass is 322 g/mol. The van der Waals surface area contributed by atoms with Crippen molar-refractivity contribution in [3.63, 3.8) is 0 Å². The second-order valence-corrected chi connectivity index (χ2v) is 4.84. The number of ketones is 1. The van der Waals surface area contributed by atoms with Crippen LogP contribution in [0.1, 0.15) is 29.9 Å². The Balaban J connectivity index is 2.18. The van der Waals surface area contributed by atoms with Gasteiger partial charge >= 0.3 is 0 Å². The molecule has 5 nitrogen and oxygen atoms in total. The summed E-state index contributed by atoms with van der Waals surface area (Å²) in [6, 6.07) is 0. The van der Waals surface area contributed by atoms with Crippen molar-refractivity contribution in [3.05, 3.63) is 40.4 Å². The molecule has 0 aliphatic carbocycles. The van der Waals surface area contributed by atoms with Crippen LogP contribution in [0.15, 0.2) is 29.1 Å². The molecule has 2 rings (SSSR count). The van der Waals surface area contributed by atoms with Crippen molar-refractivity contribution in [2.75, 3.05) is 0 Å². The molecule has 19 heavy (non-hydrogen) atoms. The fourth-order valence-electron chi connectivity index (χ4n) is 1.74. The Hall–Kier alpha value is -1.69. The van der Waals surface area contributed by atoms with Gasteiger partial charge in [-0.05, 0) is 41.9 Å². The fourth-order valence-corrected chi connectivity index (χ4v) is 2.23. The molecule has 0 aliphatic heterocycles. The maximum atomic E-state index is 12.2. The molecular weight excluding hydrogens is 308 g/mol. The van der Waals surface area contributed by atoms with E-state index in [4.69, 9.17) is 0 Å². The van der Waals surface area contributed by atoms with Crippen LogP contribution >= 0.6 is 15.9 Å². The molecule has 0 saturated heterocycles. The first kappa shape index (κ1) is 13.7. The standard InChI is InChI=1S/C13H15BrN4O/c1-3-17-9-10(7-15-17)5-6-12(19)13-11(14)8-16-18(13)4-2/h5-9H,3-4H2,1-2H3/b6-5+. The maximum absolute atomic E-state index is 12.2. The third kappa shape index (κ3) is 3.01. The molecule has 0 atom stereocenters. The minimum atomic E-state index is -0.0736. The molecule has 0 radical (unpaired) electrons. The minimum Gasteiger partial charge on any atom is -0.288 e. The number of allylic oxidation sites excluding steroid dienone is 1. The maximum Gasteiger partial charge on any atom is 0.205 e. The number of carbonyl (C=O) groups excluding carboxylic acids is 1. The number of rotatable bonds is 5. The second kappa shape index (κ2) is 5.97. The molecule has 0 unspecified atom stereocenters. The van der Waals surface area contributed by atoms with Gasteiger partial charge in [-0.3, -0.25) is 14.2 Å². The van der Waals surface area contributed by atoms with E-state index in [9.17, 15) is 4.79 Å². The van der Waals surface area contributed by atoms with Gasteiger partial charge in [0.1, 0.15) is 5.69 Å². The second-order valence-electron chi connectivity index (χ2n) is 3.98. The number of aryl methyl sites for hydroxylation is 2. The van der Waals surface area contributed by atoms with Gasteiger partial charge in [0.05, 0.1) is 16.9 Å². The number of carbonyl (C=O) groups is 1. The van der Waals surface area contributed by atoms with E-state index in [1.54, 1.807) is 29.2 Å². The molecule has 0 aromatic carbocycles. The van der Waals surface area contributed by atoms with E-state index < -0.39 is 0 Å².